The number of hydrogen-bond donors (Lipinski definition) is 0. The first-order valence-electron chi connectivity index (χ1n) is 9.89. The molecule has 0 radical (unpaired) electrons. The molecule has 0 saturated heterocycles. The van der Waals surface area contributed by atoms with Crippen LogP contribution in [0, 0.1) is 11.8 Å². The number of fused-ring (bicyclic) bond motifs is 2. The summed E-state index contributed by atoms with van der Waals surface area (Å²) in [7, 11) is 0. The molecule has 2 aliphatic rings. The van der Waals surface area contributed by atoms with Crippen LogP contribution < -0.4 is 0 Å². The van der Waals surface area contributed by atoms with Crippen molar-refractivity contribution in [1.82, 2.24) is 0 Å². The van der Waals surface area contributed by atoms with Gasteiger partial charge >= 0.3 is 0 Å². The summed E-state index contributed by atoms with van der Waals surface area (Å²) in [6.07, 6.45) is 11.0. The zero-order valence-electron chi connectivity index (χ0n) is 17.5. The maximum atomic E-state index is 2.20. The summed E-state index contributed by atoms with van der Waals surface area (Å²) in [6.45, 7) is 13.0. The van der Waals surface area contributed by atoms with Gasteiger partial charge in [0.05, 0.1) is 0 Å². The molecule has 0 fully saturated rings. The van der Waals surface area contributed by atoms with E-state index in [1.807, 2.05) is 0 Å². The van der Waals surface area contributed by atoms with Gasteiger partial charge in [0.25, 0.3) is 0 Å². The number of benzene rings is 2. The Morgan fingerprint density at radius 3 is 1.15 bits per heavy atom. The van der Waals surface area contributed by atoms with Crippen LogP contribution in [-0.4, -0.2) is 0 Å². The number of allylic oxidation sites excluding steroid dienone is 2. The molecular weight excluding hydrogens is 312 g/mol. The Labute approximate surface area is 161 Å². The van der Waals surface area contributed by atoms with Crippen LogP contribution in [0.2, 0.25) is 0 Å². The highest BCUT2D eigenvalue weighted by atomic mass is 14.1. The first kappa shape index (κ1) is 22.0. The predicted molar refractivity (Wildman–Crippen MR) is 119 cm³/mol. The van der Waals surface area contributed by atoms with E-state index < -0.39 is 0 Å². The molecule has 0 atom stereocenters. The SMILES string of the molecule is C1=Cc2ccccc2C1.C1=Cc2ccccc2C1.CC(C)C.CC(C)C. The van der Waals surface area contributed by atoms with E-state index in [1.165, 1.54) is 22.3 Å². The van der Waals surface area contributed by atoms with Gasteiger partial charge in [0.15, 0.2) is 0 Å². The van der Waals surface area contributed by atoms with E-state index in [0.29, 0.717) is 0 Å². The summed E-state index contributed by atoms with van der Waals surface area (Å²) in [4.78, 5) is 0. The van der Waals surface area contributed by atoms with Crippen molar-refractivity contribution in [3.05, 3.63) is 82.9 Å². The summed E-state index contributed by atoms with van der Waals surface area (Å²) in [6, 6.07) is 17.0. The van der Waals surface area contributed by atoms with Gasteiger partial charge in [-0.05, 0) is 46.9 Å². The number of rotatable bonds is 0. The van der Waals surface area contributed by atoms with Crippen LogP contribution >= 0.6 is 0 Å². The van der Waals surface area contributed by atoms with E-state index in [4.69, 9.17) is 0 Å². The smallest absolute Gasteiger partial charge is 0.00882 e. The van der Waals surface area contributed by atoms with Gasteiger partial charge in [-0.1, -0.05) is 114 Å². The second-order valence-electron chi connectivity index (χ2n) is 8.07. The van der Waals surface area contributed by atoms with Crippen molar-refractivity contribution in [1.29, 1.82) is 0 Å². The van der Waals surface area contributed by atoms with Gasteiger partial charge in [0.1, 0.15) is 0 Å². The molecule has 0 heterocycles. The highest BCUT2D eigenvalue weighted by Crippen LogP contribution is 2.18. The molecule has 0 amide bonds. The Hall–Kier alpha value is -2.08. The summed E-state index contributed by atoms with van der Waals surface area (Å²) < 4.78 is 0. The zero-order valence-corrected chi connectivity index (χ0v) is 17.5. The quantitative estimate of drug-likeness (QED) is 0.455. The molecule has 0 spiro atoms. The van der Waals surface area contributed by atoms with Crippen molar-refractivity contribution in [3.63, 3.8) is 0 Å². The van der Waals surface area contributed by atoms with Gasteiger partial charge in [-0.3, -0.25) is 0 Å². The van der Waals surface area contributed by atoms with Gasteiger partial charge in [-0.15, -0.1) is 0 Å². The maximum Gasteiger partial charge on any atom is -0.00882 e. The Morgan fingerprint density at radius 1 is 0.538 bits per heavy atom. The van der Waals surface area contributed by atoms with Crippen LogP contribution in [0.3, 0.4) is 0 Å². The first-order chi connectivity index (χ1) is 12.4. The minimum Gasteiger partial charge on any atom is -0.0795 e. The van der Waals surface area contributed by atoms with E-state index in [9.17, 15) is 0 Å². The third kappa shape index (κ3) is 9.42. The lowest BCUT2D eigenvalue weighted by molar-refractivity contribution is 0.736. The molecule has 26 heavy (non-hydrogen) atoms. The third-order valence-corrected chi connectivity index (χ3v) is 3.38. The Balaban J connectivity index is 0.000000188. The predicted octanol–water partition coefficient (Wildman–Crippen LogP) is 7.84. The fraction of sp³-hybridized carbons (Fsp3) is 0.385. The van der Waals surface area contributed by atoms with Crippen molar-refractivity contribution in [3.8, 4) is 0 Å². The highest BCUT2D eigenvalue weighted by molar-refractivity contribution is 5.60. The molecule has 0 N–H and O–H groups in total. The normalized spacial score (nSPS) is 12.3. The average Bonchev–Trinajstić information content (AvgIpc) is 3.23. The van der Waals surface area contributed by atoms with Crippen molar-refractivity contribution in [2.24, 2.45) is 11.8 Å². The monoisotopic (exact) mass is 348 g/mol. The molecule has 0 unspecified atom stereocenters. The van der Waals surface area contributed by atoms with Crippen LogP contribution in [-0.2, 0) is 12.8 Å². The van der Waals surface area contributed by atoms with E-state index in [0.717, 1.165) is 24.7 Å². The lowest BCUT2D eigenvalue weighted by Crippen LogP contribution is -1.76. The van der Waals surface area contributed by atoms with Crippen LogP contribution in [0.25, 0.3) is 12.2 Å². The summed E-state index contributed by atoms with van der Waals surface area (Å²) >= 11 is 0. The van der Waals surface area contributed by atoms with Crippen LogP contribution in [0.4, 0.5) is 0 Å². The minimum atomic E-state index is 0.833. The Bertz CT molecular complexity index is 620. The molecule has 0 aliphatic heterocycles. The van der Waals surface area contributed by atoms with Crippen LogP contribution in [0.1, 0.15) is 63.8 Å². The molecule has 0 saturated carbocycles. The van der Waals surface area contributed by atoms with Gasteiger partial charge in [-0.2, -0.15) is 0 Å². The zero-order chi connectivity index (χ0) is 19.4. The summed E-state index contributed by atoms with van der Waals surface area (Å²) in [5.41, 5.74) is 5.69. The molecule has 2 aliphatic carbocycles. The standard InChI is InChI=1S/2C9H8.2C4H10/c2*1-2-5-9-7-3-6-8(9)4-1;2*1-4(2)3/h2*1-6H,7H2;2*4H,1-3H3. The molecule has 0 bridgehead atoms. The molecule has 0 aromatic heterocycles. The van der Waals surface area contributed by atoms with Crippen molar-refractivity contribution in [2.45, 2.75) is 54.4 Å². The van der Waals surface area contributed by atoms with Crippen molar-refractivity contribution in [2.75, 3.05) is 0 Å². The third-order valence-electron chi connectivity index (χ3n) is 3.38. The number of hydrogen-bond acceptors (Lipinski definition) is 0. The molecule has 0 heteroatoms. The summed E-state index contributed by atoms with van der Waals surface area (Å²) in [5, 5.41) is 0. The van der Waals surface area contributed by atoms with E-state index in [1.54, 1.807) is 0 Å². The van der Waals surface area contributed by atoms with E-state index >= 15 is 0 Å². The summed E-state index contributed by atoms with van der Waals surface area (Å²) in [5.74, 6) is 1.67. The fourth-order valence-corrected chi connectivity index (χ4v) is 2.39. The molecule has 4 rings (SSSR count). The Kier molecular flexibility index (Phi) is 10.4. The molecule has 2 aromatic carbocycles. The van der Waals surface area contributed by atoms with Gasteiger partial charge < -0.3 is 0 Å². The molecule has 2 aromatic rings. The Morgan fingerprint density at radius 2 is 0.846 bits per heavy atom. The maximum absolute atomic E-state index is 2.20. The highest BCUT2D eigenvalue weighted by Gasteiger charge is 2.01. The van der Waals surface area contributed by atoms with Gasteiger partial charge in [-0.25, -0.2) is 0 Å². The van der Waals surface area contributed by atoms with E-state index in [-0.39, 0.29) is 0 Å². The molecule has 140 valence electrons. The second kappa shape index (κ2) is 12.3. The van der Waals surface area contributed by atoms with Crippen LogP contribution in [0.5, 0.6) is 0 Å². The largest absolute Gasteiger partial charge is 0.0795 e. The van der Waals surface area contributed by atoms with Gasteiger partial charge in [0, 0.05) is 0 Å². The lowest BCUT2D eigenvalue weighted by Gasteiger charge is -1.93. The van der Waals surface area contributed by atoms with Crippen molar-refractivity contribution >= 4 is 12.2 Å². The van der Waals surface area contributed by atoms with E-state index in [2.05, 4.69) is 114 Å². The minimum absolute atomic E-state index is 0.833. The van der Waals surface area contributed by atoms with Crippen molar-refractivity contribution < 1.29 is 0 Å². The molecular formula is C26H36. The van der Waals surface area contributed by atoms with Crippen LogP contribution in [0.15, 0.2) is 60.7 Å². The topological polar surface area (TPSA) is 0 Å². The molecule has 0 nitrogen and oxygen atoms in total. The first-order valence-corrected chi connectivity index (χ1v) is 9.89. The fourth-order valence-electron chi connectivity index (χ4n) is 2.39. The second-order valence-corrected chi connectivity index (χ2v) is 8.07. The van der Waals surface area contributed by atoms with Gasteiger partial charge in [0.2, 0.25) is 0 Å². The average molecular weight is 349 g/mol. The lowest BCUT2D eigenvalue weighted by atomic mass is 10.1.